The highest BCUT2D eigenvalue weighted by Crippen LogP contribution is 2.25. The molecule has 1 saturated carbocycles. The Labute approximate surface area is 189 Å². The van der Waals surface area contributed by atoms with Gasteiger partial charge in [0.15, 0.2) is 0 Å². The van der Waals surface area contributed by atoms with Crippen molar-refractivity contribution in [3.8, 4) is 5.88 Å². The van der Waals surface area contributed by atoms with Crippen molar-refractivity contribution in [3.63, 3.8) is 0 Å². The first-order chi connectivity index (χ1) is 14.7. The number of amides is 2. The van der Waals surface area contributed by atoms with E-state index in [1.54, 1.807) is 6.20 Å². The highest BCUT2D eigenvalue weighted by atomic mass is 32.2. The molecule has 2 aliphatic rings. The van der Waals surface area contributed by atoms with Crippen LogP contribution in [-0.4, -0.2) is 52.3 Å². The molecule has 2 N–H and O–H groups in total. The van der Waals surface area contributed by atoms with Gasteiger partial charge in [-0.15, -0.1) is 0 Å². The standard InChI is InChI=1S/C23H35N3O4S/c1-15-13-19(21(24-14-15)29-18-9-11-31-12-10-18)20(27)25-16-5-7-17(8-6-16)26-22(28)30-23(2,3)4/h13-14,16-18H,5-12H2,1-4H3,(H,25,27)(H,26,28). The number of ether oxygens (including phenoxy) is 2. The van der Waals surface area contributed by atoms with Crippen LogP contribution in [0.2, 0.25) is 0 Å². The summed E-state index contributed by atoms with van der Waals surface area (Å²) in [4.78, 5) is 29.4. The number of alkyl carbamates (subject to hydrolysis) is 1. The number of aromatic nitrogens is 1. The molecule has 31 heavy (non-hydrogen) atoms. The molecule has 0 spiro atoms. The Balaban J connectivity index is 1.52. The molecule has 3 rings (SSSR count). The minimum Gasteiger partial charge on any atom is -0.474 e. The van der Waals surface area contributed by atoms with Crippen LogP contribution in [0.25, 0.3) is 0 Å². The highest BCUT2D eigenvalue weighted by Gasteiger charge is 2.27. The molecule has 1 aliphatic heterocycles. The van der Waals surface area contributed by atoms with E-state index in [1.807, 2.05) is 45.5 Å². The van der Waals surface area contributed by atoms with Crippen molar-refractivity contribution in [3.05, 3.63) is 23.4 Å². The summed E-state index contributed by atoms with van der Waals surface area (Å²) in [5, 5.41) is 6.08. The second-order valence-corrected chi connectivity index (χ2v) is 10.7. The molecule has 1 saturated heterocycles. The van der Waals surface area contributed by atoms with Gasteiger partial charge >= 0.3 is 6.09 Å². The minimum atomic E-state index is -0.507. The predicted octanol–water partition coefficient (Wildman–Crippen LogP) is 4.23. The van der Waals surface area contributed by atoms with Crippen LogP contribution in [0, 0.1) is 6.92 Å². The number of rotatable bonds is 5. The number of carbonyl (C=O) groups excluding carboxylic acids is 2. The Morgan fingerprint density at radius 2 is 1.65 bits per heavy atom. The van der Waals surface area contributed by atoms with E-state index in [0.717, 1.165) is 55.6 Å². The van der Waals surface area contributed by atoms with Gasteiger partial charge in [0.25, 0.3) is 5.91 Å². The summed E-state index contributed by atoms with van der Waals surface area (Å²) >= 11 is 1.94. The molecule has 2 amide bonds. The molecule has 1 aromatic heterocycles. The lowest BCUT2D eigenvalue weighted by Gasteiger charge is -2.30. The van der Waals surface area contributed by atoms with Gasteiger partial charge in [0.1, 0.15) is 17.3 Å². The van der Waals surface area contributed by atoms with Gasteiger partial charge in [-0.25, -0.2) is 9.78 Å². The molecular formula is C23H35N3O4S. The Hall–Kier alpha value is -1.96. The van der Waals surface area contributed by atoms with E-state index in [0.29, 0.717) is 11.4 Å². The minimum absolute atomic E-state index is 0.0728. The van der Waals surface area contributed by atoms with Crippen molar-refractivity contribution in [2.75, 3.05) is 11.5 Å². The molecular weight excluding hydrogens is 414 g/mol. The van der Waals surface area contributed by atoms with Gasteiger partial charge in [-0.2, -0.15) is 11.8 Å². The van der Waals surface area contributed by atoms with Crippen LogP contribution < -0.4 is 15.4 Å². The van der Waals surface area contributed by atoms with Gasteiger partial charge in [0.2, 0.25) is 5.88 Å². The van der Waals surface area contributed by atoms with Crippen molar-refractivity contribution in [1.29, 1.82) is 0 Å². The van der Waals surface area contributed by atoms with E-state index < -0.39 is 5.60 Å². The fraction of sp³-hybridized carbons (Fsp3) is 0.696. The quantitative estimate of drug-likeness (QED) is 0.699. The molecule has 0 radical (unpaired) electrons. The van der Waals surface area contributed by atoms with Crippen LogP contribution in [0.5, 0.6) is 5.88 Å². The molecule has 2 heterocycles. The van der Waals surface area contributed by atoms with E-state index in [9.17, 15) is 9.59 Å². The largest absolute Gasteiger partial charge is 0.474 e. The third-order valence-corrected chi connectivity index (χ3v) is 6.51. The van der Waals surface area contributed by atoms with Crippen molar-refractivity contribution < 1.29 is 19.1 Å². The van der Waals surface area contributed by atoms with Crippen molar-refractivity contribution in [2.45, 2.75) is 90.0 Å². The van der Waals surface area contributed by atoms with Gasteiger partial charge in [-0.1, -0.05) is 0 Å². The number of hydrogen-bond donors (Lipinski definition) is 2. The Kier molecular flexibility index (Phi) is 8.08. The summed E-state index contributed by atoms with van der Waals surface area (Å²) in [6, 6.07) is 2.00. The van der Waals surface area contributed by atoms with Gasteiger partial charge in [-0.3, -0.25) is 4.79 Å². The van der Waals surface area contributed by atoms with Gasteiger partial charge in [0.05, 0.1) is 0 Å². The molecule has 0 unspecified atom stereocenters. The zero-order chi connectivity index (χ0) is 22.4. The van der Waals surface area contributed by atoms with Gasteiger partial charge in [-0.05, 0) is 89.4 Å². The Morgan fingerprint density at radius 1 is 1.03 bits per heavy atom. The number of nitrogens with one attached hydrogen (secondary N) is 2. The normalized spacial score (nSPS) is 22.5. The first-order valence-corrected chi connectivity index (χ1v) is 12.4. The molecule has 172 valence electrons. The van der Waals surface area contributed by atoms with Crippen LogP contribution >= 0.6 is 11.8 Å². The smallest absolute Gasteiger partial charge is 0.407 e. The molecule has 8 heteroatoms. The molecule has 0 atom stereocenters. The van der Waals surface area contributed by atoms with Crippen LogP contribution in [0.3, 0.4) is 0 Å². The van der Waals surface area contributed by atoms with E-state index >= 15 is 0 Å². The van der Waals surface area contributed by atoms with Crippen LogP contribution in [0.4, 0.5) is 4.79 Å². The fourth-order valence-corrected chi connectivity index (χ4v) is 4.95. The maximum absolute atomic E-state index is 13.0. The first kappa shape index (κ1) is 23.7. The van der Waals surface area contributed by atoms with Crippen LogP contribution in [0.1, 0.15) is 75.2 Å². The lowest BCUT2D eigenvalue weighted by atomic mass is 9.91. The van der Waals surface area contributed by atoms with Gasteiger partial charge in [0, 0.05) is 18.3 Å². The summed E-state index contributed by atoms with van der Waals surface area (Å²) in [6.07, 6.45) is 6.68. The van der Waals surface area contributed by atoms with Crippen molar-refractivity contribution in [1.82, 2.24) is 15.6 Å². The van der Waals surface area contributed by atoms with E-state index in [2.05, 4.69) is 15.6 Å². The maximum atomic E-state index is 13.0. The van der Waals surface area contributed by atoms with E-state index in [1.165, 1.54) is 0 Å². The molecule has 1 aromatic rings. The maximum Gasteiger partial charge on any atom is 0.407 e. The third kappa shape index (κ3) is 7.59. The highest BCUT2D eigenvalue weighted by molar-refractivity contribution is 7.99. The lowest BCUT2D eigenvalue weighted by Crippen LogP contribution is -2.45. The topological polar surface area (TPSA) is 89.5 Å². The molecule has 0 aromatic carbocycles. The first-order valence-electron chi connectivity index (χ1n) is 11.2. The number of aryl methyl sites for hydroxylation is 1. The van der Waals surface area contributed by atoms with Crippen LogP contribution in [0.15, 0.2) is 12.3 Å². The summed E-state index contributed by atoms with van der Waals surface area (Å²) < 4.78 is 11.4. The van der Waals surface area contributed by atoms with Gasteiger partial charge < -0.3 is 20.1 Å². The average molecular weight is 450 g/mol. The zero-order valence-electron chi connectivity index (χ0n) is 19.0. The number of hydrogen-bond acceptors (Lipinski definition) is 6. The monoisotopic (exact) mass is 449 g/mol. The molecule has 2 fully saturated rings. The fourth-order valence-electron chi connectivity index (χ4n) is 3.88. The summed E-state index contributed by atoms with van der Waals surface area (Å²) in [5.41, 5.74) is 0.932. The average Bonchev–Trinajstić information content (AvgIpc) is 2.70. The third-order valence-electron chi connectivity index (χ3n) is 5.46. The molecule has 0 bridgehead atoms. The summed E-state index contributed by atoms with van der Waals surface area (Å²) in [5.74, 6) is 2.46. The van der Waals surface area contributed by atoms with E-state index in [4.69, 9.17) is 9.47 Å². The lowest BCUT2D eigenvalue weighted by molar-refractivity contribution is 0.0487. The van der Waals surface area contributed by atoms with Crippen molar-refractivity contribution in [2.24, 2.45) is 0 Å². The Morgan fingerprint density at radius 3 is 2.26 bits per heavy atom. The number of carbonyl (C=O) groups is 2. The zero-order valence-corrected chi connectivity index (χ0v) is 19.8. The second-order valence-electron chi connectivity index (χ2n) is 9.46. The van der Waals surface area contributed by atoms with Crippen LogP contribution in [-0.2, 0) is 4.74 Å². The number of thioether (sulfide) groups is 1. The summed E-state index contributed by atoms with van der Waals surface area (Å²) in [6.45, 7) is 7.48. The predicted molar refractivity (Wildman–Crippen MR) is 123 cm³/mol. The number of nitrogens with zero attached hydrogens (tertiary/aromatic N) is 1. The molecule has 1 aliphatic carbocycles. The number of pyridine rings is 1. The van der Waals surface area contributed by atoms with Crippen molar-refractivity contribution >= 4 is 23.8 Å². The van der Waals surface area contributed by atoms with E-state index in [-0.39, 0.29) is 30.2 Å². The second kappa shape index (κ2) is 10.6. The molecule has 7 nitrogen and oxygen atoms in total. The SMILES string of the molecule is Cc1cnc(OC2CCSCC2)c(C(=O)NC2CCC(NC(=O)OC(C)(C)C)CC2)c1. The Bertz CT molecular complexity index is 767. The summed E-state index contributed by atoms with van der Waals surface area (Å²) in [7, 11) is 0.